The van der Waals surface area contributed by atoms with Crippen LogP contribution in [-0.4, -0.2) is 35.0 Å². The first-order valence-electron chi connectivity index (χ1n) is 6.95. The highest BCUT2D eigenvalue weighted by Gasteiger charge is 2.28. The molecule has 1 aliphatic heterocycles. The van der Waals surface area contributed by atoms with Crippen molar-refractivity contribution in [3.63, 3.8) is 0 Å². The van der Waals surface area contributed by atoms with E-state index in [1.807, 2.05) is 41.3 Å². The maximum atomic E-state index is 12.4. The summed E-state index contributed by atoms with van der Waals surface area (Å²) in [6.07, 6.45) is 2.52. The molecule has 1 aromatic carbocycles. The molecule has 1 amide bonds. The van der Waals surface area contributed by atoms with Gasteiger partial charge < -0.3 is 9.64 Å². The first-order chi connectivity index (χ1) is 10.6. The molecule has 1 fully saturated rings. The van der Waals surface area contributed by atoms with E-state index in [4.69, 9.17) is 4.74 Å². The van der Waals surface area contributed by atoms with Crippen molar-refractivity contribution in [3.05, 3.63) is 57.1 Å². The van der Waals surface area contributed by atoms with E-state index in [2.05, 4.69) is 36.8 Å². The molecule has 1 unspecified atom stereocenters. The summed E-state index contributed by atoms with van der Waals surface area (Å²) in [5.74, 6) is 0.633. The lowest BCUT2D eigenvalue weighted by molar-refractivity contribution is 0.0771. The third-order valence-corrected chi connectivity index (χ3v) is 4.51. The van der Waals surface area contributed by atoms with E-state index in [0.717, 1.165) is 15.4 Å². The van der Waals surface area contributed by atoms with Crippen LogP contribution >= 0.6 is 31.9 Å². The largest absolute Gasteiger partial charge is 0.472 e. The van der Waals surface area contributed by atoms with Crippen molar-refractivity contribution in [2.45, 2.75) is 12.5 Å². The molecule has 3 rings (SSSR count). The SMILES string of the molecule is O=C(c1ccc(Br)cc1)N1CCC(Oc2ccc(Br)cn2)C1. The second-order valence-electron chi connectivity index (χ2n) is 5.10. The molecule has 0 N–H and O–H groups in total. The summed E-state index contributed by atoms with van der Waals surface area (Å²) in [6, 6.07) is 11.1. The van der Waals surface area contributed by atoms with Crippen molar-refractivity contribution in [2.24, 2.45) is 0 Å². The van der Waals surface area contributed by atoms with Crippen LogP contribution in [0.2, 0.25) is 0 Å². The quantitative estimate of drug-likeness (QED) is 0.748. The maximum Gasteiger partial charge on any atom is 0.253 e. The molecule has 0 spiro atoms. The first-order valence-corrected chi connectivity index (χ1v) is 8.53. The number of nitrogens with zero attached hydrogens (tertiary/aromatic N) is 2. The predicted octanol–water partition coefficient (Wildman–Crippen LogP) is 3.90. The molecule has 2 heterocycles. The summed E-state index contributed by atoms with van der Waals surface area (Å²) in [4.78, 5) is 18.5. The fourth-order valence-electron chi connectivity index (χ4n) is 2.39. The minimum atomic E-state index is -0.00641. The summed E-state index contributed by atoms with van der Waals surface area (Å²) in [7, 11) is 0. The number of hydrogen-bond donors (Lipinski definition) is 0. The zero-order valence-corrected chi connectivity index (χ0v) is 14.9. The number of amides is 1. The van der Waals surface area contributed by atoms with Crippen molar-refractivity contribution in [1.29, 1.82) is 0 Å². The monoisotopic (exact) mass is 424 g/mol. The second kappa shape index (κ2) is 6.79. The minimum Gasteiger partial charge on any atom is -0.472 e. The second-order valence-corrected chi connectivity index (χ2v) is 6.93. The average molecular weight is 426 g/mol. The molecule has 0 aliphatic carbocycles. The molecular weight excluding hydrogens is 412 g/mol. The Balaban J connectivity index is 1.61. The number of likely N-dealkylation sites (tertiary alicyclic amines) is 1. The molecule has 2 aromatic rings. The van der Waals surface area contributed by atoms with E-state index >= 15 is 0 Å². The number of halogens is 2. The molecule has 0 bridgehead atoms. The third kappa shape index (κ3) is 3.67. The van der Waals surface area contributed by atoms with Gasteiger partial charge >= 0.3 is 0 Å². The summed E-state index contributed by atoms with van der Waals surface area (Å²) in [5, 5.41) is 0. The fraction of sp³-hybridized carbons (Fsp3) is 0.250. The Hall–Kier alpha value is -1.40. The normalized spacial score (nSPS) is 17.5. The number of benzene rings is 1. The number of carbonyl (C=O) groups excluding carboxylic acids is 1. The zero-order chi connectivity index (χ0) is 15.5. The fourth-order valence-corrected chi connectivity index (χ4v) is 2.89. The third-order valence-electron chi connectivity index (χ3n) is 3.51. The first kappa shape index (κ1) is 15.5. The molecule has 0 radical (unpaired) electrons. The molecule has 114 valence electrons. The number of rotatable bonds is 3. The van der Waals surface area contributed by atoms with E-state index < -0.39 is 0 Å². The average Bonchev–Trinajstić information content (AvgIpc) is 2.98. The van der Waals surface area contributed by atoms with Gasteiger partial charge in [0, 0.05) is 39.7 Å². The Morgan fingerprint density at radius 2 is 1.86 bits per heavy atom. The number of ether oxygens (including phenoxy) is 1. The van der Waals surface area contributed by atoms with Crippen LogP contribution < -0.4 is 4.74 Å². The summed E-state index contributed by atoms with van der Waals surface area (Å²) < 4.78 is 7.71. The smallest absolute Gasteiger partial charge is 0.253 e. The van der Waals surface area contributed by atoms with Crippen molar-refractivity contribution in [2.75, 3.05) is 13.1 Å². The highest BCUT2D eigenvalue weighted by molar-refractivity contribution is 9.10. The van der Waals surface area contributed by atoms with Gasteiger partial charge in [0.15, 0.2) is 0 Å². The van der Waals surface area contributed by atoms with Crippen LogP contribution in [0.3, 0.4) is 0 Å². The Labute approximate surface area is 145 Å². The van der Waals surface area contributed by atoms with Crippen LogP contribution in [0, 0.1) is 0 Å². The number of hydrogen-bond acceptors (Lipinski definition) is 3. The van der Waals surface area contributed by atoms with Gasteiger partial charge in [0.2, 0.25) is 5.88 Å². The Morgan fingerprint density at radius 1 is 1.14 bits per heavy atom. The number of pyridine rings is 1. The highest BCUT2D eigenvalue weighted by Crippen LogP contribution is 2.20. The van der Waals surface area contributed by atoms with Crippen molar-refractivity contribution >= 4 is 37.8 Å². The highest BCUT2D eigenvalue weighted by atomic mass is 79.9. The summed E-state index contributed by atoms with van der Waals surface area (Å²) >= 11 is 6.72. The van der Waals surface area contributed by atoms with E-state index in [-0.39, 0.29) is 12.0 Å². The van der Waals surface area contributed by atoms with Crippen molar-refractivity contribution in [3.8, 4) is 5.88 Å². The van der Waals surface area contributed by atoms with Gasteiger partial charge in [-0.3, -0.25) is 4.79 Å². The van der Waals surface area contributed by atoms with Gasteiger partial charge in [-0.25, -0.2) is 4.98 Å². The van der Waals surface area contributed by atoms with E-state index in [9.17, 15) is 4.79 Å². The van der Waals surface area contributed by atoms with Gasteiger partial charge in [-0.05, 0) is 46.3 Å². The van der Waals surface area contributed by atoms with Gasteiger partial charge in [-0.2, -0.15) is 0 Å². The molecule has 1 aromatic heterocycles. The van der Waals surface area contributed by atoms with Gasteiger partial charge in [-0.15, -0.1) is 0 Å². The standard InChI is InChI=1S/C16H14Br2N2O2/c17-12-3-1-11(2-4-12)16(21)20-8-7-14(10-20)22-15-6-5-13(18)9-19-15/h1-6,9,14H,7-8,10H2. The molecule has 6 heteroatoms. The molecule has 1 atom stereocenters. The molecule has 1 aliphatic rings. The molecule has 22 heavy (non-hydrogen) atoms. The number of carbonyl (C=O) groups is 1. The van der Waals surface area contributed by atoms with Crippen molar-refractivity contribution < 1.29 is 9.53 Å². The molecule has 4 nitrogen and oxygen atoms in total. The van der Waals surface area contributed by atoms with Crippen LogP contribution in [0.15, 0.2) is 51.5 Å². The topological polar surface area (TPSA) is 42.4 Å². The van der Waals surface area contributed by atoms with Gasteiger partial charge in [-0.1, -0.05) is 15.9 Å². The lowest BCUT2D eigenvalue weighted by Gasteiger charge is -2.17. The molecular formula is C16H14Br2N2O2. The summed E-state index contributed by atoms with van der Waals surface area (Å²) in [6.45, 7) is 1.29. The summed E-state index contributed by atoms with van der Waals surface area (Å²) in [5.41, 5.74) is 0.700. The minimum absolute atomic E-state index is 0.00641. The maximum absolute atomic E-state index is 12.4. The van der Waals surface area contributed by atoms with Crippen molar-refractivity contribution in [1.82, 2.24) is 9.88 Å². The Bertz CT molecular complexity index is 659. The van der Waals surface area contributed by atoms with Gasteiger partial charge in [0.1, 0.15) is 6.10 Å². The lowest BCUT2D eigenvalue weighted by atomic mass is 10.2. The lowest BCUT2D eigenvalue weighted by Crippen LogP contribution is -2.31. The zero-order valence-electron chi connectivity index (χ0n) is 11.7. The van der Waals surface area contributed by atoms with Gasteiger partial charge in [0.05, 0.1) is 6.54 Å². The Morgan fingerprint density at radius 3 is 2.55 bits per heavy atom. The van der Waals surface area contributed by atoms with Crippen LogP contribution in [0.1, 0.15) is 16.8 Å². The van der Waals surface area contributed by atoms with Crippen LogP contribution in [0.25, 0.3) is 0 Å². The van der Waals surface area contributed by atoms with Gasteiger partial charge in [0.25, 0.3) is 5.91 Å². The van der Waals surface area contributed by atoms with Crippen LogP contribution in [0.5, 0.6) is 5.88 Å². The van der Waals surface area contributed by atoms with E-state index in [0.29, 0.717) is 24.5 Å². The number of aromatic nitrogens is 1. The predicted molar refractivity (Wildman–Crippen MR) is 91.0 cm³/mol. The van der Waals surface area contributed by atoms with E-state index in [1.165, 1.54) is 0 Å². The van der Waals surface area contributed by atoms with E-state index in [1.54, 1.807) is 6.20 Å². The molecule has 1 saturated heterocycles. The van der Waals surface area contributed by atoms with Crippen LogP contribution in [0.4, 0.5) is 0 Å². The van der Waals surface area contributed by atoms with Crippen LogP contribution in [-0.2, 0) is 0 Å². The Kier molecular flexibility index (Phi) is 4.78. The molecule has 0 saturated carbocycles.